The van der Waals surface area contributed by atoms with Crippen LogP contribution in [-0.2, 0) is 4.79 Å². The van der Waals surface area contributed by atoms with Gasteiger partial charge < -0.3 is 15.1 Å². The van der Waals surface area contributed by atoms with E-state index in [1.165, 1.54) is 6.07 Å². The van der Waals surface area contributed by atoms with Crippen molar-refractivity contribution in [2.24, 2.45) is 0 Å². The van der Waals surface area contributed by atoms with Gasteiger partial charge >= 0.3 is 0 Å². The third-order valence-corrected chi connectivity index (χ3v) is 6.34. The average molecular weight is 448 g/mol. The van der Waals surface area contributed by atoms with Crippen LogP contribution in [0.3, 0.4) is 0 Å². The van der Waals surface area contributed by atoms with E-state index in [0.717, 1.165) is 28.1 Å². The van der Waals surface area contributed by atoms with E-state index in [0.29, 0.717) is 37.3 Å². The smallest absolute Gasteiger partial charge is 0.219 e. The maximum Gasteiger partial charge on any atom is 0.219 e. The second kappa shape index (κ2) is 8.31. The molecule has 1 saturated heterocycles. The Kier molecular flexibility index (Phi) is 5.32. The highest BCUT2D eigenvalue weighted by atomic mass is 19.1. The van der Waals surface area contributed by atoms with E-state index in [-0.39, 0.29) is 17.8 Å². The van der Waals surface area contributed by atoms with Crippen LogP contribution in [0, 0.1) is 12.7 Å². The number of hydrogen-bond acceptors (Lipinski definition) is 6. The topological polar surface area (TPSA) is 78.7 Å². The van der Waals surface area contributed by atoms with Gasteiger partial charge in [-0.15, -0.1) is 0 Å². The van der Waals surface area contributed by atoms with Crippen LogP contribution in [0.15, 0.2) is 42.9 Å². The van der Waals surface area contributed by atoms with Crippen LogP contribution in [0.4, 0.5) is 15.9 Å². The Balaban J connectivity index is 1.56. The number of anilines is 2. The number of nitrogens with zero attached hydrogens (tertiary/aromatic N) is 6. The minimum absolute atomic E-state index is 0.0793. The summed E-state index contributed by atoms with van der Waals surface area (Å²) in [6, 6.07) is 7.15. The number of halogens is 1. The molecule has 0 radical (unpaired) electrons. The third-order valence-electron chi connectivity index (χ3n) is 6.34. The normalized spacial score (nSPS) is 15.3. The first kappa shape index (κ1) is 21.1. The molecule has 4 heterocycles. The number of imidazole rings is 1. The van der Waals surface area contributed by atoms with E-state index < -0.39 is 0 Å². The Morgan fingerprint density at radius 3 is 2.70 bits per heavy atom. The van der Waals surface area contributed by atoms with Gasteiger partial charge in [-0.1, -0.05) is 0 Å². The summed E-state index contributed by atoms with van der Waals surface area (Å²) in [4.78, 5) is 25.2. The molecule has 1 N–H and O–H groups in total. The number of fused-ring (bicyclic) bond motifs is 2. The van der Waals surface area contributed by atoms with Gasteiger partial charge in [-0.2, -0.15) is 5.10 Å². The molecule has 1 aliphatic rings. The number of carbonyl (C=O) groups is 1. The lowest BCUT2D eigenvalue weighted by Crippen LogP contribution is -2.48. The molecule has 5 rings (SSSR count). The number of benzene rings is 1. The van der Waals surface area contributed by atoms with Crippen molar-refractivity contribution in [3.8, 4) is 0 Å². The van der Waals surface area contributed by atoms with Gasteiger partial charge in [0, 0.05) is 62.0 Å². The fourth-order valence-electron chi connectivity index (χ4n) is 4.43. The van der Waals surface area contributed by atoms with Gasteiger partial charge in [0.15, 0.2) is 5.65 Å². The fourth-order valence-corrected chi connectivity index (χ4v) is 4.43. The van der Waals surface area contributed by atoms with Crippen LogP contribution in [0.25, 0.3) is 16.6 Å². The Hall–Kier alpha value is -3.75. The monoisotopic (exact) mass is 447 g/mol. The molecule has 0 spiro atoms. The first-order valence-electron chi connectivity index (χ1n) is 11.1. The number of hydrogen-bond donors (Lipinski definition) is 1. The summed E-state index contributed by atoms with van der Waals surface area (Å²) < 4.78 is 16.0. The fraction of sp³-hybridized carbons (Fsp3) is 0.333. The average Bonchev–Trinajstić information content (AvgIpc) is 3.31. The van der Waals surface area contributed by atoms with Gasteiger partial charge in [0.05, 0.1) is 23.4 Å². The highest BCUT2D eigenvalue weighted by Crippen LogP contribution is 2.33. The summed E-state index contributed by atoms with van der Waals surface area (Å²) in [5.41, 5.74) is 3.81. The highest BCUT2D eigenvalue weighted by Gasteiger charge is 2.25. The van der Waals surface area contributed by atoms with Crippen LogP contribution in [0.1, 0.15) is 31.0 Å². The van der Waals surface area contributed by atoms with E-state index in [1.54, 1.807) is 43.0 Å². The minimum Gasteiger partial charge on any atom is -0.375 e. The van der Waals surface area contributed by atoms with Crippen LogP contribution in [-0.4, -0.2) is 56.6 Å². The van der Waals surface area contributed by atoms with Crippen LogP contribution >= 0.6 is 0 Å². The van der Waals surface area contributed by atoms with Crippen molar-refractivity contribution in [3.05, 3.63) is 59.8 Å². The molecule has 1 atom stereocenters. The Bertz CT molecular complexity index is 1340. The predicted molar refractivity (Wildman–Crippen MR) is 126 cm³/mol. The molecular weight excluding hydrogens is 421 g/mol. The van der Waals surface area contributed by atoms with Gasteiger partial charge in [0.25, 0.3) is 0 Å². The molecule has 0 unspecified atom stereocenters. The zero-order valence-corrected chi connectivity index (χ0v) is 18.9. The van der Waals surface area contributed by atoms with Crippen molar-refractivity contribution < 1.29 is 9.18 Å². The van der Waals surface area contributed by atoms with E-state index in [4.69, 9.17) is 4.98 Å². The summed E-state index contributed by atoms with van der Waals surface area (Å²) in [5, 5.41) is 8.73. The van der Waals surface area contributed by atoms with Crippen molar-refractivity contribution in [3.63, 3.8) is 0 Å². The zero-order chi connectivity index (χ0) is 23.1. The predicted octanol–water partition coefficient (Wildman–Crippen LogP) is 3.57. The molecule has 0 saturated carbocycles. The van der Waals surface area contributed by atoms with Gasteiger partial charge in [0.2, 0.25) is 5.91 Å². The van der Waals surface area contributed by atoms with E-state index in [1.807, 2.05) is 11.0 Å². The van der Waals surface area contributed by atoms with Crippen LogP contribution < -0.4 is 10.2 Å². The molecule has 1 fully saturated rings. The number of nitrogens with one attached hydrogen (secondary N) is 1. The molecule has 9 heteroatoms. The summed E-state index contributed by atoms with van der Waals surface area (Å²) in [6.07, 6.45) is 5.25. The maximum absolute atomic E-state index is 14.3. The van der Waals surface area contributed by atoms with Crippen molar-refractivity contribution in [1.82, 2.24) is 24.5 Å². The lowest BCUT2D eigenvalue weighted by molar-refractivity contribution is -0.129. The molecule has 0 aliphatic carbocycles. The standard InChI is InChI=1S/C24H26FN7O/c1-15-20(25)5-4-18-14-19(16(2)28-21-6-7-27-32-9-8-26-24(21)32)23(29-22(15)18)31-12-10-30(11-13-31)17(3)33/h4-9,14,16,28H,10-13H2,1-3H3/t16-/m0/s1. The maximum atomic E-state index is 14.3. The SMILES string of the molecule is CC(=O)N1CCN(c2nc3c(C)c(F)ccc3cc2[C@H](C)Nc2ccnn3ccnc23)CC1. The molecule has 1 aromatic carbocycles. The number of pyridine rings is 1. The van der Waals surface area contributed by atoms with Gasteiger partial charge in [-0.3, -0.25) is 4.79 Å². The molecule has 170 valence electrons. The minimum atomic E-state index is -0.264. The first-order valence-corrected chi connectivity index (χ1v) is 11.1. The Morgan fingerprint density at radius 1 is 1.15 bits per heavy atom. The van der Waals surface area contributed by atoms with Crippen molar-refractivity contribution in [1.29, 1.82) is 0 Å². The quantitative estimate of drug-likeness (QED) is 0.515. The molecule has 1 amide bonds. The third kappa shape index (κ3) is 3.83. The number of aryl methyl sites for hydroxylation is 1. The molecule has 4 aromatic rings. The summed E-state index contributed by atoms with van der Waals surface area (Å²) in [6.45, 7) is 8.05. The van der Waals surface area contributed by atoms with Gasteiger partial charge in [0.1, 0.15) is 11.6 Å². The number of piperazine rings is 1. The Labute approximate surface area is 191 Å². The van der Waals surface area contributed by atoms with E-state index in [2.05, 4.69) is 33.3 Å². The molecule has 3 aromatic heterocycles. The highest BCUT2D eigenvalue weighted by molar-refractivity contribution is 5.85. The van der Waals surface area contributed by atoms with Gasteiger partial charge in [-0.05, 0) is 38.1 Å². The van der Waals surface area contributed by atoms with E-state index in [9.17, 15) is 9.18 Å². The second-order valence-electron chi connectivity index (χ2n) is 8.44. The van der Waals surface area contributed by atoms with Crippen LogP contribution in [0.5, 0.6) is 0 Å². The van der Waals surface area contributed by atoms with Crippen molar-refractivity contribution in [2.45, 2.75) is 26.8 Å². The summed E-state index contributed by atoms with van der Waals surface area (Å²) >= 11 is 0. The zero-order valence-electron chi connectivity index (χ0n) is 18.9. The number of rotatable bonds is 4. The molecule has 33 heavy (non-hydrogen) atoms. The van der Waals surface area contributed by atoms with Gasteiger partial charge in [-0.25, -0.2) is 18.9 Å². The molecular formula is C24H26FN7O. The van der Waals surface area contributed by atoms with Crippen LogP contribution in [0.2, 0.25) is 0 Å². The number of aromatic nitrogens is 4. The van der Waals surface area contributed by atoms with Crippen molar-refractivity contribution >= 4 is 34.0 Å². The van der Waals surface area contributed by atoms with E-state index >= 15 is 0 Å². The second-order valence-corrected chi connectivity index (χ2v) is 8.44. The molecule has 1 aliphatic heterocycles. The summed E-state index contributed by atoms with van der Waals surface area (Å²) in [7, 11) is 0. The first-order chi connectivity index (χ1) is 15.9. The lowest BCUT2D eigenvalue weighted by Gasteiger charge is -2.36. The lowest BCUT2D eigenvalue weighted by atomic mass is 10.0. The largest absolute Gasteiger partial charge is 0.375 e. The number of carbonyl (C=O) groups excluding carboxylic acids is 1. The summed E-state index contributed by atoms with van der Waals surface area (Å²) in [5.74, 6) is 0.628. The molecule has 8 nitrogen and oxygen atoms in total. The number of amides is 1. The van der Waals surface area contributed by atoms with Crippen molar-refractivity contribution in [2.75, 3.05) is 36.4 Å². The molecule has 0 bridgehead atoms. The Morgan fingerprint density at radius 2 is 1.94 bits per heavy atom.